The van der Waals surface area contributed by atoms with Crippen LogP contribution in [0.3, 0.4) is 0 Å². The highest BCUT2D eigenvalue weighted by Crippen LogP contribution is 2.31. The van der Waals surface area contributed by atoms with Crippen LogP contribution in [0.4, 0.5) is 11.4 Å². The maximum Gasteiger partial charge on any atom is 0.311 e. The smallest absolute Gasteiger partial charge is 0.311 e. The highest BCUT2D eigenvalue weighted by molar-refractivity contribution is 5.59. The lowest BCUT2D eigenvalue weighted by molar-refractivity contribution is -0.385. The van der Waals surface area contributed by atoms with Crippen molar-refractivity contribution in [1.29, 1.82) is 0 Å². The molecule has 0 bridgehead atoms. The predicted octanol–water partition coefficient (Wildman–Crippen LogP) is 1.81. The Morgan fingerprint density at radius 3 is 2.72 bits per heavy atom. The van der Waals surface area contributed by atoms with Crippen molar-refractivity contribution in [3.63, 3.8) is 0 Å². The fourth-order valence-corrected chi connectivity index (χ4v) is 1.52. The largest absolute Gasteiger partial charge is 0.487 e. The minimum absolute atomic E-state index is 0.0114. The maximum atomic E-state index is 10.8. The normalized spacial score (nSPS) is 12.0. The number of hydrogen-bond acceptors (Lipinski definition) is 5. The Balaban J connectivity index is 3.10. The molecule has 0 radical (unpaired) electrons. The molecule has 0 fully saturated rings. The average molecular weight is 254 g/mol. The Morgan fingerprint density at radius 1 is 1.56 bits per heavy atom. The Bertz CT molecular complexity index is 423. The van der Waals surface area contributed by atoms with E-state index in [9.17, 15) is 10.1 Å². The average Bonchev–Trinajstić information content (AvgIpc) is 2.37. The SMILES string of the molecule is CCOc1cc(N(C)C(C)CO)ccc1[N+](=O)[O-]. The molecule has 6 nitrogen and oxygen atoms in total. The van der Waals surface area contributed by atoms with Crippen molar-refractivity contribution in [2.75, 3.05) is 25.2 Å². The number of ether oxygens (including phenoxy) is 1. The summed E-state index contributed by atoms with van der Waals surface area (Å²) in [6.45, 7) is 4.01. The lowest BCUT2D eigenvalue weighted by atomic mass is 10.2. The summed E-state index contributed by atoms with van der Waals surface area (Å²) in [6.07, 6.45) is 0. The van der Waals surface area contributed by atoms with Crippen LogP contribution in [-0.4, -0.2) is 36.3 Å². The highest BCUT2D eigenvalue weighted by Gasteiger charge is 2.18. The molecule has 0 amide bonds. The van der Waals surface area contributed by atoms with Crippen molar-refractivity contribution in [3.8, 4) is 5.75 Å². The third kappa shape index (κ3) is 3.10. The van der Waals surface area contributed by atoms with Gasteiger partial charge < -0.3 is 14.7 Å². The van der Waals surface area contributed by atoms with E-state index in [0.29, 0.717) is 6.61 Å². The van der Waals surface area contributed by atoms with Gasteiger partial charge in [0.15, 0.2) is 5.75 Å². The number of aliphatic hydroxyl groups excluding tert-OH is 1. The summed E-state index contributed by atoms with van der Waals surface area (Å²) < 4.78 is 5.27. The molecule has 1 atom stereocenters. The number of aliphatic hydroxyl groups is 1. The van der Waals surface area contributed by atoms with Gasteiger partial charge >= 0.3 is 5.69 Å². The molecule has 1 aromatic rings. The van der Waals surface area contributed by atoms with E-state index in [2.05, 4.69) is 0 Å². The second kappa shape index (κ2) is 6.20. The molecule has 0 aliphatic heterocycles. The fourth-order valence-electron chi connectivity index (χ4n) is 1.52. The van der Waals surface area contributed by atoms with E-state index in [4.69, 9.17) is 9.84 Å². The minimum atomic E-state index is -0.468. The topological polar surface area (TPSA) is 75.8 Å². The van der Waals surface area contributed by atoms with Crippen LogP contribution >= 0.6 is 0 Å². The van der Waals surface area contributed by atoms with E-state index >= 15 is 0 Å². The Hall–Kier alpha value is -1.82. The first kappa shape index (κ1) is 14.2. The molecule has 6 heteroatoms. The van der Waals surface area contributed by atoms with Gasteiger partial charge in [0.05, 0.1) is 18.1 Å². The lowest BCUT2D eigenvalue weighted by Gasteiger charge is -2.25. The van der Waals surface area contributed by atoms with Gasteiger partial charge in [-0.15, -0.1) is 0 Å². The summed E-state index contributed by atoms with van der Waals surface area (Å²) in [4.78, 5) is 12.2. The number of benzene rings is 1. The summed E-state index contributed by atoms with van der Waals surface area (Å²) in [5.41, 5.74) is 0.719. The molecule has 0 saturated carbocycles. The van der Waals surface area contributed by atoms with Crippen molar-refractivity contribution >= 4 is 11.4 Å². The van der Waals surface area contributed by atoms with E-state index in [1.807, 2.05) is 18.9 Å². The maximum absolute atomic E-state index is 10.8. The van der Waals surface area contributed by atoms with Crippen LogP contribution in [0.25, 0.3) is 0 Å². The first-order chi connectivity index (χ1) is 8.51. The van der Waals surface area contributed by atoms with Crippen LogP contribution in [-0.2, 0) is 0 Å². The zero-order valence-corrected chi connectivity index (χ0v) is 10.8. The third-order valence-electron chi connectivity index (χ3n) is 2.77. The molecular weight excluding hydrogens is 236 g/mol. The second-order valence-corrected chi connectivity index (χ2v) is 3.98. The number of nitrogens with zero attached hydrogens (tertiary/aromatic N) is 2. The Labute approximate surface area is 106 Å². The molecule has 0 heterocycles. The van der Waals surface area contributed by atoms with E-state index in [1.54, 1.807) is 19.1 Å². The van der Waals surface area contributed by atoms with Crippen molar-refractivity contribution in [1.82, 2.24) is 0 Å². The summed E-state index contributed by atoms with van der Waals surface area (Å²) in [6, 6.07) is 4.61. The molecule has 0 spiro atoms. The minimum Gasteiger partial charge on any atom is -0.487 e. The van der Waals surface area contributed by atoms with Crippen molar-refractivity contribution in [2.45, 2.75) is 19.9 Å². The van der Waals surface area contributed by atoms with Gasteiger partial charge in [0, 0.05) is 30.9 Å². The Morgan fingerprint density at radius 2 is 2.22 bits per heavy atom. The van der Waals surface area contributed by atoms with Gasteiger partial charge in [0.25, 0.3) is 0 Å². The van der Waals surface area contributed by atoms with Gasteiger partial charge in [0.1, 0.15) is 0 Å². The van der Waals surface area contributed by atoms with E-state index < -0.39 is 4.92 Å². The first-order valence-electron chi connectivity index (χ1n) is 5.76. The van der Waals surface area contributed by atoms with E-state index in [-0.39, 0.29) is 24.1 Å². The summed E-state index contributed by atoms with van der Waals surface area (Å²) >= 11 is 0. The number of rotatable bonds is 6. The van der Waals surface area contributed by atoms with Crippen molar-refractivity contribution < 1.29 is 14.8 Å². The first-order valence-corrected chi connectivity index (χ1v) is 5.76. The molecule has 1 N–H and O–H groups in total. The quantitative estimate of drug-likeness (QED) is 0.619. The van der Waals surface area contributed by atoms with Crippen LogP contribution < -0.4 is 9.64 Å². The molecule has 0 aliphatic carbocycles. The molecule has 18 heavy (non-hydrogen) atoms. The highest BCUT2D eigenvalue weighted by atomic mass is 16.6. The molecular formula is C12H18N2O4. The Kier molecular flexibility index (Phi) is 4.91. The lowest BCUT2D eigenvalue weighted by Crippen LogP contribution is -2.31. The van der Waals surface area contributed by atoms with Gasteiger partial charge in [-0.2, -0.15) is 0 Å². The standard InChI is InChI=1S/C12H18N2O4/c1-4-18-12-7-10(13(3)9(2)8-15)5-6-11(12)14(16)17/h5-7,9,15H,4,8H2,1-3H3. The van der Waals surface area contributed by atoms with Crippen LogP contribution in [0.1, 0.15) is 13.8 Å². The van der Waals surface area contributed by atoms with Gasteiger partial charge in [-0.1, -0.05) is 0 Å². The molecule has 0 aliphatic rings. The van der Waals surface area contributed by atoms with Crippen LogP contribution in [0, 0.1) is 10.1 Å². The number of anilines is 1. The van der Waals surface area contributed by atoms with Gasteiger partial charge in [-0.05, 0) is 19.9 Å². The van der Waals surface area contributed by atoms with Crippen molar-refractivity contribution in [3.05, 3.63) is 28.3 Å². The molecule has 100 valence electrons. The van der Waals surface area contributed by atoms with Crippen LogP contribution in [0.15, 0.2) is 18.2 Å². The fraction of sp³-hybridized carbons (Fsp3) is 0.500. The summed E-state index contributed by atoms with van der Waals surface area (Å²) in [5, 5.41) is 19.9. The summed E-state index contributed by atoms with van der Waals surface area (Å²) in [5.74, 6) is 0.247. The monoisotopic (exact) mass is 254 g/mol. The number of nitro groups is 1. The molecule has 0 aromatic heterocycles. The van der Waals surface area contributed by atoms with Gasteiger partial charge in [-0.25, -0.2) is 0 Å². The molecule has 0 saturated heterocycles. The van der Waals surface area contributed by atoms with Crippen LogP contribution in [0.5, 0.6) is 5.75 Å². The second-order valence-electron chi connectivity index (χ2n) is 3.98. The van der Waals surface area contributed by atoms with Crippen molar-refractivity contribution in [2.24, 2.45) is 0 Å². The number of hydrogen-bond donors (Lipinski definition) is 1. The van der Waals surface area contributed by atoms with Gasteiger partial charge in [0.2, 0.25) is 0 Å². The molecule has 1 rings (SSSR count). The molecule has 1 unspecified atom stereocenters. The third-order valence-corrected chi connectivity index (χ3v) is 2.77. The zero-order valence-electron chi connectivity index (χ0n) is 10.8. The van der Waals surface area contributed by atoms with Gasteiger partial charge in [-0.3, -0.25) is 10.1 Å². The zero-order chi connectivity index (χ0) is 13.7. The van der Waals surface area contributed by atoms with E-state index in [1.165, 1.54) is 6.07 Å². The van der Waals surface area contributed by atoms with E-state index in [0.717, 1.165) is 5.69 Å². The van der Waals surface area contributed by atoms with Crippen LogP contribution in [0.2, 0.25) is 0 Å². The summed E-state index contributed by atoms with van der Waals surface area (Å²) in [7, 11) is 1.82. The number of nitro benzene ring substituents is 1. The molecule has 1 aromatic carbocycles. The predicted molar refractivity (Wildman–Crippen MR) is 69.2 cm³/mol. The number of likely N-dealkylation sites (N-methyl/N-ethyl adjacent to an activating group) is 1.